The quantitative estimate of drug-likeness (QED) is 0.511. The second-order valence-electron chi connectivity index (χ2n) is 10.4. The first-order valence-electron chi connectivity index (χ1n) is 12.0. The third kappa shape index (κ3) is 5.65. The molecular formula is C27H34N6O. The van der Waals surface area contributed by atoms with Gasteiger partial charge in [-0.05, 0) is 59.9 Å². The van der Waals surface area contributed by atoms with Crippen molar-refractivity contribution in [1.29, 1.82) is 0 Å². The van der Waals surface area contributed by atoms with Crippen LogP contribution in [0.25, 0.3) is 0 Å². The van der Waals surface area contributed by atoms with E-state index >= 15 is 0 Å². The van der Waals surface area contributed by atoms with Crippen LogP contribution < -0.4 is 10.6 Å². The maximum Gasteiger partial charge on any atom is 0.258 e. The zero-order valence-corrected chi connectivity index (χ0v) is 20.5. The summed E-state index contributed by atoms with van der Waals surface area (Å²) in [5, 5.41) is 6.14. The van der Waals surface area contributed by atoms with Gasteiger partial charge in [0.15, 0.2) is 0 Å². The third-order valence-corrected chi connectivity index (χ3v) is 6.95. The van der Waals surface area contributed by atoms with Gasteiger partial charge in [-0.1, -0.05) is 45.9 Å². The van der Waals surface area contributed by atoms with Gasteiger partial charge in [-0.25, -0.2) is 19.9 Å². The fraction of sp³-hybridized carbons (Fsp3) is 0.444. The van der Waals surface area contributed by atoms with Gasteiger partial charge in [0, 0.05) is 42.8 Å². The van der Waals surface area contributed by atoms with Crippen molar-refractivity contribution in [3.63, 3.8) is 0 Å². The van der Waals surface area contributed by atoms with Gasteiger partial charge in [-0.3, -0.25) is 10.1 Å². The maximum absolute atomic E-state index is 12.3. The number of carbonyl (C=O) groups excluding carboxylic acids is 1. The average Bonchev–Trinajstić information content (AvgIpc) is 3.39. The molecule has 7 heteroatoms. The normalized spacial score (nSPS) is 16.4. The van der Waals surface area contributed by atoms with Gasteiger partial charge in [-0.15, -0.1) is 0 Å². The number of anilines is 1. The molecule has 1 amide bonds. The summed E-state index contributed by atoms with van der Waals surface area (Å²) in [6, 6.07) is 9.06. The van der Waals surface area contributed by atoms with Crippen LogP contribution in [0.4, 0.5) is 5.95 Å². The van der Waals surface area contributed by atoms with Gasteiger partial charge in [0.25, 0.3) is 5.91 Å². The minimum atomic E-state index is -0.216. The van der Waals surface area contributed by atoms with Crippen molar-refractivity contribution in [2.24, 2.45) is 0 Å². The van der Waals surface area contributed by atoms with Gasteiger partial charge >= 0.3 is 0 Å². The number of hydrogen-bond donors (Lipinski definition) is 2. The van der Waals surface area contributed by atoms with E-state index < -0.39 is 0 Å². The zero-order chi connectivity index (χ0) is 24.2. The van der Waals surface area contributed by atoms with E-state index in [1.807, 2.05) is 43.0 Å². The highest BCUT2D eigenvalue weighted by molar-refractivity contribution is 6.03. The first-order chi connectivity index (χ1) is 16.2. The predicted octanol–water partition coefficient (Wildman–Crippen LogP) is 4.63. The fourth-order valence-corrected chi connectivity index (χ4v) is 4.19. The zero-order valence-electron chi connectivity index (χ0n) is 20.5. The molecule has 3 aromatic rings. The van der Waals surface area contributed by atoms with Crippen molar-refractivity contribution in [3.8, 4) is 0 Å². The molecule has 0 bridgehead atoms. The molecular weight excluding hydrogens is 424 g/mol. The SMILES string of the molecule is CC(C)(CCC(C)(C)c1cnc(C2CCNC2)nc1)c1cnc(NC(=O)c2ccccc2)nc1. The molecule has 4 rings (SSSR count). The number of amides is 1. The van der Waals surface area contributed by atoms with Crippen molar-refractivity contribution in [1.82, 2.24) is 25.3 Å². The number of benzene rings is 1. The van der Waals surface area contributed by atoms with E-state index in [2.05, 4.69) is 58.3 Å². The molecule has 1 aromatic carbocycles. The third-order valence-electron chi connectivity index (χ3n) is 6.95. The molecule has 1 aliphatic heterocycles. The van der Waals surface area contributed by atoms with E-state index in [1.165, 1.54) is 0 Å². The molecule has 0 radical (unpaired) electrons. The van der Waals surface area contributed by atoms with E-state index in [1.54, 1.807) is 12.1 Å². The lowest BCUT2D eigenvalue weighted by Crippen LogP contribution is -2.25. The molecule has 0 aliphatic carbocycles. The van der Waals surface area contributed by atoms with Crippen molar-refractivity contribution >= 4 is 11.9 Å². The Bertz CT molecular complexity index is 1090. The second kappa shape index (κ2) is 9.97. The standard InChI is InChI=1S/C27H34N6O/c1-26(2,21-15-29-23(30-16-21)20-10-13-28-14-20)11-12-27(3,4)22-17-31-25(32-18-22)33-24(34)19-8-6-5-7-9-19/h5-9,15-18,20,28H,10-14H2,1-4H3,(H,31,32,33,34). The Balaban J connectivity index is 1.36. The molecule has 1 fully saturated rings. The van der Waals surface area contributed by atoms with Crippen LogP contribution in [0.3, 0.4) is 0 Å². The summed E-state index contributed by atoms with van der Waals surface area (Å²) in [6.45, 7) is 10.9. The van der Waals surface area contributed by atoms with E-state index in [0.29, 0.717) is 17.4 Å². The van der Waals surface area contributed by atoms with E-state index in [9.17, 15) is 4.79 Å². The number of hydrogen-bond acceptors (Lipinski definition) is 6. The van der Waals surface area contributed by atoms with Gasteiger partial charge in [0.1, 0.15) is 5.82 Å². The summed E-state index contributed by atoms with van der Waals surface area (Å²) in [5.41, 5.74) is 2.62. The molecule has 7 nitrogen and oxygen atoms in total. The molecule has 0 spiro atoms. The number of nitrogens with zero attached hydrogens (tertiary/aromatic N) is 4. The molecule has 34 heavy (non-hydrogen) atoms. The first-order valence-corrected chi connectivity index (χ1v) is 12.0. The van der Waals surface area contributed by atoms with Crippen LogP contribution >= 0.6 is 0 Å². The van der Waals surface area contributed by atoms with Gasteiger partial charge in [0.05, 0.1) is 0 Å². The van der Waals surface area contributed by atoms with E-state index in [-0.39, 0.29) is 16.7 Å². The van der Waals surface area contributed by atoms with Crippen LogP contribution in [-0.4, -0.2) is 38.9 Å². The number of nitrogens with one attached hydrogen (secondary N) is 2. The summed E-state index contributed by atoms with van der Waals surface area (Å²) < 4.78 is 0. The van der Waals surface area contributed by atoms with Crippen LogP contribution in [-0.2, 0) is 10.8 Å². The van der Waals surface area contributed by atoms with E-state index in [4.69, 9.17) is 0 Å². The first kappa shape index (κ1) is 24.0. The Hall–Kier alpha value is -3.19. The van der Waals surface area contributed by atoms with Crippen molar-refractivity contribution in [3.05, 3.63) is 77.6 Å². The number of carbonyl (C=O) groups is 1. The molecule has 2 aromatic heterocycles. The Morgan fingerprint density at radius 3 is 2.00 bits per heavy atom. The Morgan fingerprint density at radius 1 is 0.912 bits per heavy atom. The van der Waals surface area contributed by atoms with Gasteiger partial charge in [0.2, 0.25) is 5.95 Å². The summed E-state index contributed by atoms with van der Waals surface area (Å²) in [5.74, 6) is 1.47. The smallest absolute Gasteiger partial charge is 0.258 e. The summed E-state index contributed by atoms with van der Waals surface area (Å²) in [7, 11) is 0. The molecule has 2 N–H and O–H groups in total. The Labute approximate surface area is 201 Å². The van der Waals surface area contributed by atoms with Crippen LogP contribution in [0.1, 0.15) is 80.2 Å². The van der Waals surface area contributed by atoms with Gasteiger partial charge in [-0.2, -0.15) is 0 Å². The summed E-state index contributed by atoms with van der Waals surface area (Å²) in [6.07, 6.45) is 10.7. The lowest BCUT2D eigenvalue weighted by molar-refractivity contribution is 0.102. The lowest BCUT2D eigenvalue weighted by atomic mass is 9.74. The Morgan fingerprint density at radius 2 is 1.47 bits per heavy atom. The highest BCUT2D eigenvalue weighted by Crippen LogP contribution is 2.35. The van der Waals surface area contributed by atoms with Gasteiger partial charge < -0.3 is 5.32 Å². The number of aromatic nitrogens is 4. The van der Waals surface area contributed by atoms with Crippen LogP contribution in [0.2, 0.25) is 0 Å². The molecule has 3 heterocycles. The molecule has 1 unspecified atom stereocenters. The van der Waals surface area contributed by atoms with Crippen molar-refractivity contribution in [2.45, 2.75) is 63.7 Å². The van der Waals surface area contributed by atoms with Crippen molar-refractivity contribution < 1.29 is 4.79 Å². The topological polar surface area (TPSA) is 92.7 Å². The summed E-state index contributed by atoms with van der Waals surface area (Å²) >= 11 is 0. The maximum atomic E-state index is 12.3. The minimum Gasteiger partial charge on any atom is -0.316 e. The average molecular weight is 459 g/mol. The molecule has 178 valence electrons. The van der Waals surface area contributed by atoms with Crippen molar-refractivity contribution in [2.75, 3.05) is 18.4 Å². The highest BCUT2D eigenvalue weighted by atomic mass is 16.1. The molecule has 1 aliphatic rings. The van der Waals surface area contributed by atoms with Crippen LogP contribution in [0.15, 0.2) is 55.1 Å². The Kier molecular flexibility index (Phi) is 7.03. The monoisotopic (exact) mass is 458 g/mol. The second-order valence-corrected chi connectivity index (χ2v) is 10.4. The predicted molar refractivity (Wildman–Crippen MR) is 134 cm³/mol. The lowest BCUT2D eigenvalue weighted by Gasteiger charge is -2.31. The van der Waals surface area contributed by atoms with E-state index in [0.717, 1.165) is 49.3 Å². The highest BCUT2D eigenvalue weighted by Gasteiger charge is 2.29. The fourth-order valence-electron chi connectivity index (χ4n) is 4.19. The summed E-state index contributed by atoms with van der Waals surface area (Å²) in [4.78, 5) is 30.5. The van der Waals surface area contributed by atoms with Crippen LogP contribution in [0.5, 0.6) is 0 Å². The molecule has 1 saturated heterocycles. The molecule has 0 saturated carbocycles. The number of rotatable bonds is 8. The molecule has 1 atom stereocenters. The minimum absolute atomic E-state index is 0.0474. The van der Waals surface area contributed by atoms with Crippen LogP contribution in [0, 0.1) is 0 Å². The largest absolute Gasteiger partial charge is 0.316 e.